The molecule has 0 aromatic carbocycles. The second-order valence-electron chi connectivity index (χ2n) is 11.2. The molecular weight excluding hydrogens is 543 g/mol. The van der Waals surface area contributed by atoms with Gasteiger partial charge in [-0.05, 0) is 76.1 Å². The summed E-state index contributed by atoms with van der Waals surface area (Å²) in [5.41, 5.74) is -0.326. The fourth-order valence-electron chi connectivity index (χ4n) is 4.98. The van der Waals surface area contributed by atoms with Crippen molar-refractivity contribution in [2.24, 2.45) is 11.3 Å². The number of allylic oxidation sites excluding steroid dienone is 2. The Hall–Kier alpha value is -3.06. The predicted octanol–water partition coefficient (Wildman–Crippen LogP) is 5.23. The lowest BCUT2D eigenvalue weighted by Crippen LogP contribution is -2.40. The smallest absolute Gasteiger partial charge is 0.391 e. The number of rotatable bonds is 11. The number of aromatic nitrogens is 3. The van der Waals surface area contributed by atoms with Gasteiger partial charge in [0.15, 0.2) is 5.82 Å². The zero-order chi connectivity index (χ0) is 29.3. The van der Waals surface area contributed by atoms with E-state index in [0.717, 1.165) is 30.6 Å². The minimum atomic E-state index is -4.26. The van der Waals surface area contributed by atoms with E-state index in [-0.39, 0.29) is 37.5 Å². The molecule has 3 heterocycles. The highest BCUT2D eigenvalue weighted by Gasteiger charge is 2.63. The third kappa shape index (κ3) is 6.30. The first kappa shape index (κ1) is 29.9. The molecule has 40 heavy (non-hydrogen) atoms. The largest absolute Gasteiger partial charge is 0.396 e. The Morgan fingerprint density at radius 2 is 2.02 bits per heavy atom. The normalized spacial score (nSPS) is 20.2. The van der Waals surface area contributed by atoms with Crippen LogP contribution < -0.4 is 14.9 Å². The monoisotopic (exact) mass is 579 g/mol. The van der Waals surface area contributed by atoms with Gasteiger partial charge in [0.2, 0.25) is 0 Å². The van der Waals surface area contributed by atoms with Crippen molar-refractivity contribution >= 4 is 29.9 Å². The van der Waals surface area contributed by atoms with Crippen molar-refractivity contribution in [2.45, 2.75) is 65.3 Å². The van der Waals surface area contributed by atoms with E-state index in [1.807, 2.05) is 6.92 Å². The lowest BCUT2D eigenvalue weighted by atomic mass is 9.97. The number of alkyl halides is 3. The van der Waals surface area contributed by atoms with Gasteiger partial charge >= 0.3 is 6.18 Å². The maximum Gasteiger partial charge on any atom is 0.396 e. The highest BCUT2D eigenvalue weighted by atomic mass is 32.2. The predicted molar refractivity (Wildman–Crippen MR) is 150 cm³/mol. The fraction of sp³-hybridized carbons (Fsp3) is 0.556. The first-order chi connectivity index (χ1) is 18.8. The Bertz CT molecular complexity index is 1290. The van der Waals surface area contributed by atoms with Crippen LogP contribution in [0.25, 0.3) is 5.82 Å². The molecule has 1 saturated heterocycles. The van der Waals surface area contributed by atoms with E-state index in [1.165, 1.54) is 10.9 Å². The summed E-state index contributed by atoms with van der Waals surface area (Å²) < 4.78 is 49.3. The van der Waals surface area contributed by atoms with E-state index >= 15 is 0 Å². The Kier molecular flexibility index (Phi) is 8.55. The maximum absolute atomic E-state index is 13.3. The van der Waals surface area contributed by atoms with Gasteiger partial charge in [-0.2, -0.15) is 18.3 Å². The number of anilines is 1. The van der Waals surface area contributed by atoms with Crippen LogP contribution in [0.15, 0.2) is 35.0 Å². The van der Waals surface area contributed by atoms with Crippen LogP contribution in [-0.4, -0.2) is 58.8 Å². The van der Waals surface area contributed by atoms with Crippen LogP contribution in [0, 0.1) is 16.7 Å². The Balaban J connectivity index is 1.56. The zero-order valence-corrected chi connectivity index (χ0v) is 24.2. The van der Waals surface area contributed by atoms with Crippen molar-refractivity contribution in [3.8, 4) is 5.82 Å². The number of carbonyl (C=O) groups excluding carboxylic acids is 1. The maximum atomic E-state index is 13.3. The number of carbonyl (C=O) groups is 1. The van der Waals surface area contributed by atoms with Crippen LogP contribution >= 0.6 is 11.9 Å². The van der Waals surface area contributed by atoms with Gasteiger partial charge in [-0.3, -0.25) is 9.52 Å². The summed E-state index contributed by atoms with van der Waals surface area (Å²) in [6, 6.07) is 5.06. The lowest BCUT2D eigenvalue weighted by Gasteiger charge is -2.34. The standard InChI is InChI=1S/C27H36F3N7O2S/c1-17-12-25(3,4)36(14-17)23-20(24(38)35-40-21(13-31)18(2)32-5)6-7-22(33-23)37-11-8-19(34-37)15-39-16-26(9-10-26)27(28,29)30/h6-8,11,13,17,31-32H,9-10,12,14-16H2,1-5H3,(H,35,38)/b21-18+,31-13?/t17-/m0/s1. The van der Waals surface area contributed by atoms with Crippen molar-refractivity contribution in [1.82, 2.24) is 24.8 Å². The van der Waals surface area contributed by atoms with Gasteiger partial charge in [-0.15, -0.1) is 0 Å². The summed E-state index contributed by atoms with van der Waals surface area (Å²) in [5.74, 6) is 1.05. The fourth-order valence-corrected chi connectivity index (χ4v) is 5.61. The molecule has 2 aromatic heterocycles. The van der Waals surface area contributed by atoms with Crippen LogP contribution in [0.4, 0.5) is 19.0 Å². The topological polar surface area (TPSA) is 108 Å². The van der Waals surface area contributed by atoms with Gasteiger partial charge in [-0.25, -0.2) is 9.67 Å². The van der Waals surface area contributed by atoms with Crippen molar-refractivity contribution in [1.29, 1.82) is 5.41 Å². The summed E-state index contributed by atoms with van der Waals surface area (Å²) in [6.45, 7) is 8.52. The zero-order valence-electron chi connectivity index (χ0n) is 23.4. The molecule has 1 saturated carbocycles. The number of nitrogens with zero attached hydrogens (tertiary/aromatic N) is 4. The molecule has 1 aliphatic carbocycles. The number of hydrogen-bond acceptors (Lipinski definition) is 8. The molecule has 1 atom stereocenters. The summed E-state index contributed by atoms with van der Waals surface area (Å²) in [4.78, 5) is 20.9. The first-order valence-electron chi connectivity index (χ1n) is 13.1. The second-order valence-corrected chi connectivity index (χ2v) is 12.1. The molecule has 9 nitrogen and oxygen atoms in total. The molecule has 218 valence electrons. The highest BCUT2D eigenvalue weighted by Crippen LogP contribution is 2.57. The molecule has 2 aromatic rings. The van der Waals surface area contributed by atoms with E-state index in [1.54, 1.807) is 31.4 Å². The number of ether oxygens (including phenoxy) is 1. The van der Waals surface area contributed by atoms with Gasteiger partial charge in [0.1, 0.15) is 5.82 Å². The van der Waals surface area contributed by atoms with Gasteiger partial charge < -0.3 is 20.4 Å². The van der Waals surface area contributed by atoms with Crippen molar-refractivity contribution in [3.63, 3.8) is 0 Å². The summed E-state index contributed by atoms with van der Waals surface area (Å²) >= 11 is 1.05. The Morgan fingerprint density at radius 1 is 1.30 bits per heavy atom. The van der Waals surface area contributed by atoms with Crippen LogP contribution in [-0.2, 0) is 11.3 Å². The van der Waals surface area contributed by atoms with Crippen LogP contribution in [0.3, 0.4) is 0 Å². The summed E-state index contributed by atoms with van der Waals surface area (Å²) in [7, 11) is 1.75. The number of halogens is 3. The average molecular weight is 580 g/mol. The number of pyridine rings is 1. The lowest BCUT2D eigenvalue weighted by molar-refractivity contribution is -0.202. The summed E-state index contributed by atoms with van der Waals surface area (Å²) in [6.07, 6.45) is -0.291. The quantitative estimate of drug-likeness (QED) is 0.247. The van der Waals surface area contributed by atoms with E-state index < -0.39 is 11.6 Å². The van der Waals surface area contributed by atoms with E-state index in [4.69, 9.17) is 15.1 Å². The number of hydrogen-bond donors (Lipinski definition) is 3. The van der Waals surface area contributed by atoms with E-state index in [9.17, 15) is 18.0 Å². The first-order valence-corrected chi connectivity index (χ1v) is 14.0. The molecule has 2 aliphatic rings. The van der Waals surface area contributed by atoms with Crippen LogP contribution in [0.2, 0.25) is 0 Å². The Morgan fingerprint density at radius 3 is 2.60 bits per heavy atom. The third-order valence-electron chi connectivity index (χ3n) is 7.53. The number of amides is 1. The second kappa shape index (κ2) is 11.4. The number of nitrogens with one attached hydrogen (secondary N) is 3. The van der Waals surface area contributed by atoms with Crippen molar-refractivity contribution in [2.75, 3.05) is 25.1 Å². The van der Waals surface area contributed by atoms with Gasteiger partial charge in [0, 0.05) is 37.2 Å². The molecule has 1 aliphatic heterocycles. The molecule has 2 fully saturated rings. The van der Waals surface area contributed by atoms with Crippen LogP contribution in [0.1, 0.15) is 63.0 Å². The molecule has 4 rings (SSSR count). The molecule has 13 heteroatoms. The molecule has 3 N–H and O–H groups in total. The minimum absolute atomic E-state index is 0.0407. The molecule has 0 radical (unpaired) electrons. The highest BCUT2D eigenvalue weighted by molar-refractivity contribution is 8.02. The van der Waals surface area contributed by atoms with E-state index in [2.05, 4.69) is 40.8 Å². The minimum Gasteiger partial charge on any atom is -0.391 e. The molecule has 0 bridgehead atoms. The van der Waals surface area contributed by atoms with Crippen molar-refractivity contribution in [3.05, 3.63) is 46.3 Å². The van der Waals surface area contributed by atoms with Gasteiger partial charge in [0.25, 0.3) is 5.91 Å². The molecular formula is C27H36F3N7O2S. The molecule has 0 spiro atoms. The molecule has 0 unspecified atom stereocenters. The van der Waals surface area contributed by atoms with Crippen molar-refractivity contribution < 1.29 is 22.7 Å². The molecule has 1 amide bonds. The Labute approximate surface area is 236 Å². The van der Waals surface area contributed by atoms with Gasteiger partial charge in [0.05, 0.1) is 34.8 Å². The van der Waals surface area contributed by atoms with Gasteiger partial charge in [-0.1, -0.05) is 6.92 Å². The van der Waals surface area contributed by atoms with E-state index in [0.29, 0.717) is 33.7 Å². The SMILES string of the molecule is CN/C(C)=C(\C=N)SNC(=O)c1ccc(-n2ccc(COCC3(C(F)(F)F)CC3)n2)nc1N1C[C@@H](C)CC1(C)C. The summed E-state index contributed by atoms with van der Waals surface area (Å²) in [5, 5.41) is 15.1. The van der Waals surface area contributed by atoms with Crippen LogP contribution in [0.5, 0.6) is 0 Å². The third-order valence-corrected chi connectivity index (χ3v) is 8.46. The average Bonchev–Trinajstić information content (AvgIpc) is 3.46.